The van der Waals surface area contributed by atoms with Gasteiger partial charge in [0.15, 0.2) is 11.6 Å². The number of pyridine rings is 2. The Balaban J connectivity index is 1.69. The lowest BCUT2D eigenvalue weighted by molar-refractivity contribution is 0.0983. The normalized spacial score (nSPS) is 17.8. The third kappa shape index (κ3) is 3.78. The minimum Gasteiger partial charge on any atom is -0.383 e. The maximum atomic E-state index is 14.8. The van der Waals surface area contributed by atoms with Crippen molar-refractivity contribution in [2.45, 2.75) is 25.3 Å². The molecule has 2 aromatic heterocycles. The second kappa shape index (κ2) is 7.57. The topological polar surface area (TPSA) is 81.2 Å². The molecule has 3 heterocycles. The van der Waals surface area contributed by atoms with Gasteiger partial charge in [0.25, 0.3) is 0 Å². The number of Topliss-reactive ketones (excluding diaryl/α,β-unsaturated/α-hetero) is 1. The molecule has 1 aliphatic heterocycles. The first-order valence-electron chi connectivity index (χ1n) is 9.29. The largest absolute Gasteiger partial charge is 0.383 e. The van der Waals surface area contributed by atoms with Gasteiger partial charge in [0.05, 0.1) is 17.9 Å². The Kier molecular flexibility index (Phi) is 5.04. The van der Waals surface area contributed by atoms with Crippen LogP contribution in [0.25, 0.3) is 0 Å². The lowest BCUT2D eigenvalue weighted by Crippen LogP contribution is -2.35. The van der Waals surface area contributed by atoms with Crippen molar-refractivity contribution < 1.29 is 22.4 Å². The number of fused-ring (bicyclic) bond motifs is 1. The molecular weight excluding hydrogens is 412 g/mol. The fourth-order valence-electron chi connectivity index (χ4n) is 3.71. The first-order valence-corrected chi connectivity index (χ1v) is 9.29. The van der Waals surface area contributed by atoms with E-state index in [4.69, 9.17) is 5.73 Å². The molecular formula is C22H16F4N4O. The average molecular weight is 428 g/mol. The number of ketones is 1. The van der Waals surface area contributed by atoms with Crippen molar-refractivity contribution in [3.05, 3.63) is 94.1 Å². The van der Waals surface area contributed by atoms with Gasteiger partial charge in [0, 0.05) is 41.8 Å². The van der Waals surface area contributed by atoms with Crippen LogP contribution < -0.4 is 5.73 Å². The second-order valence-electron chi connectivity index (χ2n) is 7.49. The van der Waals surface area contributed by atoms with Gasteiger partial charge in [-0.05, 0) is 24.6 Å². The van der Waals surface area contributed by atoms with Crippen molar-refractivity contribution in [1.29, 1.82) is 0 Å². The van der Waals surface area contributed by atoms with E-state index in [9.17, 15) is 22.4 Å². The number of benzene rings is 1. The summed E-state index contributed by atoms with van der Waals surface area (Å²) < 4.78 is 56.0. The lowest BCUT2D eigenvalue weighted by atomic mass is 9.81. The first kappa shape index (κ1) is 20.6. The SMILES string of the molecule is CC1(c2cc(CC(=O)c3ncc(F)cc3F)ccc2F)Cc2c(F)cncc2C(N)=N1. The predicted molar refractivity (Wildman–Crippen MR) is 105 cm³/mol. The van der Waals surface area contributed by atoms with Gasteiger partial charge in [-0.25, -0.2) is 22.5 Å². The molecule has 0 spiro atoms. The lowest BCUT2D eigenvalue weighted by Gasteiger charge is -2.32. The maximum Gasteiger partial charge on any atom is 0.188 e. The van der Waals surface area contributed by atoms with Gasteiger partial charge in [-0.2, -0.15) is 0 Å². The van der Waals surface area contributed by atoms with Crippen LogP contribution in [0.15, 0.2) is 47.8 Å². The monoisotopic (exact) mass is 428 g/mol. The molecule has 31 heavy (non-hydrogen) atoms. The van der Waals surface area contributed by atoms with Crippen molar-refractivity contribution >= 4 is 11.6 Å². The van der Waals surface area contributed by atoms with Gasteiger partial charge >= 0.3 is 0 Å². The molecule has 1 unspecified atom stereocenters. The first-order chi connectivity index (χ1) is 14.7. The van der Waals surface area contributed by atoms with Gasteiger partial charge in [-0.1, -0.05) is 6.07 Å². The van der Waals surface area contributed by atoms with Crippen LogP contribution in [0.2, 0.25) is 0 Å². The highest BCUT2D eigenvalue weighted by molar-refractivity contribution is 6.00. The summed E-state index contributed by atoms with van der Waals surface area (Å²) in [6.07, 6.45) is 2.92. The van der Waals surface area contributed by atoms with Crippen LogP contribution >= 0.6 is 0 Å². The number of carbonyl (C=O) groups excluding carboxylic acids is 1. The quantitative estimate of drug-likeness (QED) is 0.508. The van der Waals surface area contributed by atoms with Crippen LogP contribution in [0.1, 0.15) is 39.7 Å². The van der Waals surface area contributed by atoms with Crippen LogP contribution in [0.4, 0.5) is 17.6 Å². The van der Waals surface area contributed by atoms with Gasteiger partial charge < -0.3 is 5.73 Å². The van der Waals surface area contributed by atoms with Crippen molar-refractivity contribution in [2.24, 2.45) is 10.7 Å². The highest BCUT2D eigenvalue weighted by Gasteiger charge is 2.36. The molecule has 0 saturated carbocycles. The van der Waals surface area contributed by atoms with Crippen molar-refractivity contribution in [3.63, 3.8) is 0 Å². The molecule has 2 N–H and O–H groups in total. The van der Waals surface area contributed by atoms with Crippen molar-refractivity contribution in [3.8, 4) is 0 Å². The molecule has 0 fully saturated rings. The Morgan fingerprint density at radius 3 is 2.58 bits per heavy atom. The van der Waals surface area contributed by atoms with Crippen LogP contribution in [0.3, 0.4) is 0 Å². The molecule has 0 radical (unpaired) electrons. The van der Waals surface area contributed by atoms with E-state index >= 15 is 0 Å². The maximum absolute atomic E-state index is 14.8. The number of hydrogen-bond donors (Lipinski definition) is 1. The Morgan fingerprint density at radius 2 is 1.84 bits per heavy atom. The number of nitrogens with zero attached hydrogens (tertiary/aromatic N) is 3. The summed E-state index contributed by atoms with van der Waals surface area (Å²) in [5.74, 6) is -3.85. The molecule has 5 nitrogen and oxygen atoms in total. The van der Waals surface area contributed by atoms with E-state index in [0.29, 0.717) is 17.2 Å². The van der Waals surface area contributed by atoms with E-state index in [1.165, 1.54) is 18.3 Å². The number of halogens is 4. The zero-order valence-corrected chi connectivity index (χ0v) is 16.3. The molecule has 0 amide bonds. The molecule has 9 heteroatoms. The number of rotatable bonds is 4. The third-order valence-electron chi connectivity index (χ3n) is 5.22. The summed E-state index contributed by atoms with van der Waals surface area (Å²) in [4.78, 5) is 24.1. The number of nitrogens with two attached hydrogens (primary N) is 1. The number of carbonyl (C=O) groups is 1. The van der Waals surface area contributed by atoms with E-state index in [-0.39, 0.29) is 29.8 Å². The number of hydrogen-bond acceptors (Lipinski definition) is 5. The molecule has 4 rings (SSSR count). The van der Waals surface area contributed by atoms with Crippen molar-refractivity contribution in [1.82, 2.24) is 9.97 Å². The average Bonchev–Trinajstić information content (AvgIpc) is 2.70. The fraction of sp³-hybridized carbons (Fsp3) is 0.182. The van der Waals surface area contributed by atoms with Crippen LogP contribution in [-0.2, 0) is 18.4 Å². The summed E-state index contributed by atoms with van der Waals surface area (Å²) >= 11 is 0. The molecule has 1 atom stereocenters. The summed E-state index contributed by atoms with van der Waals surface area (Å²) in [5.41, 5.74) is 5.33. The Hall–Kier alpha value is -3.62. The Bertz CT molecular complexity index is 1240. The smallest absolute Gasteiger partial charge is 0.188 e. The summed E-state index contributed by atoms with van der Waals surface area (Å²) in [6, 6.07) is 4.50. The van der Waals surface area contributed by atoms with Gasteiger partial charge in [-0.15, -0.1) is 0 Å². The fourth-order valence-corrected chi connectivity index (χ4v) is 3.71. The molecule has 0 bridgehead atoms. The standard InChI is InChI=1S/C22H16F4N4O/c1-22(7-13-14(21(27)30-22)9-28-10-18(13)26)15-4-11(2-3-16(15)24)5-19(31)20-17(25)6-12(23)8-29-20/h2-4,6,8-10H,5,7H2,1H3,(H2,27,30). The molecule has 1 aromatic carbocycles. The minimum absolute atomic E-state index is 0.0224. The van der Waals surface area contributed by atoms with Crippen molar-refractivity contribution in [2.75, 3.05) is 0 Å². The highest BCUT2D eigenvalue weighted by atomic mass is 19.1. The molecule has 0 aliphatic carbocycles. The molecule has 1 aliphatic rings. The van der Waals surface area contributed by atoms with E-state index < -0.39 is 40.3 Å². The van der Waals surface area contributed by atoms with E-state index in [2.05, 4.69) is 15.0 Å². The van der Waals surface area contributed by atoms with Crippen LogP contribution in [0, 0.1) is 23.3 Å². The van der Waals surface area contributed by atoms with E-state index in [1.807, 2.05) is 0 Å². The number of aromatic nitrogens is 2. The number of aliphatic imine (C=N–C) groups is 1. The summed E-state index contributed by atoms with van der Waals surface area (Å²) in [5, 5.41) is 0. The minimum atomic E-state index is -1.23. The van der Waals surface area contributed by atoms with Crippen LogP contribution in [0.5, 0.6) is 0 Å². The summed E-state index contributed by atoms with van der Waals surface area (Å²) in [6.45, 7) is 1.61. The Labute approximate surface area is 174 Å². The molecule has 0 saturated heterocycles. The van der Waals surface area contributed by atoms with Gasteiger partial charge in [-0.3, -0.25) is 14.8 Å². The Morgan fingerprint density at radius 1 is 1.06 bits per heavy atom. The summed E-state index contributed by atoms with van der Waals surface area (Å²) in [7, 11) is 0. The number of amidine groups is 1. The van der Waals surface area contributed by atoms with E-state index in [1.54, 1.807) is 6.92 Å². The highest BCUT2D eigenvalue weighted by Crippen LogP contribution is 2.37. The van der Waals surface area contributed by atoms with Gasteiger partial charge in [0.1, 0.15) is 29.0 Å². The zero-order valence-electron chi connectivity index (χ0n) is 16.3. The second-order valence-corrected chi connectivity index (χ2v) is 7.49. The third-order valence-corrected chi connectivity index (χ3v) is 5.22. The van der Waals surface area contributed by atoms with Gasteiger partial charge in [0.2, 0.25) is 0 Å². The van der Waals surface area contributed by atoms with Crippen LogP contribution in [-0.4, -0.2) is 21.6 Å². The zero-order chi connectivity index (χ0) is 22.3. The van der Waals surface area contributed by atoms with E-state index in [0.717, 1.165) is 18.5 Å². The molecule has 3 aromatic rings. The molecule has 158 valence electrons. The predicted octanol–water partition coefficient (Wildman–Crippen LogP) is 3.64.